The van der Waals surface area contributed by atoms with E-state index in [4.69, 9.17) is 15.2 Å². The Hall–Kier alpha value is -1.59. The van der Waals surface area contributed by atoms with E-state index in [2.05, 4.69) is 0 Å². The number of ether oxygens (including phenoxy) is 2. The first-order valence-electron chi connectivity index (χ1n) is 6.32. The van der Waals surface area contributed by atoms with E-state index in [0.29, 0.717) is 19.7 Å². The van der Waals surface area contributed by atoms with Gasteiger partial charge in [-0.2, -0.15) is 0 Å². The molecule has 0 spiro atoms. The molecule has 0 saturated heterocycles. The lowest BCUT2D eigenvalue weighted by Crippen LogP contribution is -2.32. The third kappa shape index (κ3) is 5.72. The number of hydrogen-bond acceptors (Lipinski definition) is 4. The first-order valence-corrected chi connectivity index (χ1v) is 6.32. The van der Waals surface area contributed by atoms with Crippen molar-refractivity contribution in [3.8, 4) is 5.75 Å². The first-order chi connectivity index (χ1) is 9.17. The number of carbonyl (C=O) groups is 1. The minimum Gasteiger partial charge on any atom is -0.497 e. The van der Waals surface area contributed by atoms with Crippen LogP contribution < -0.4 is 10.5 Å². The Labute approximate surface area is 114 Å². The van der Waals surface area contributed by atoms with E-state index in [0.717, 1.165) is 17.7 Å². The van der Waals surface area contributed by atoms with Gasteiger partial charge in [-0.1, -0.05) is 12.1 Å². The fourth-order valence-corrected chi connectivity index (χ4v) is 1.54. The van der Waals surface area contributed by atoms with Crippen LogP contribution in [-0.2, 0) is 16.1 Å². The minimum absolute atomic E-state index is 0.0260. The van der Waals surface area contributed by atoms with Gasteiger partial charge < -0.3 is 20.1 Å². The molecular weight excluding hydrogens is 244 g/mol. The lowest BCUT2D eigenvalue weighted by molar-refractivity contribution is -0.135. The monoisotopic (exact) mass is 266 g/mol. The van der Waals surface area contributed by atoms with Gasteiger partial charge in [0.2, 0.25) is 5.91 Å². The molecule has 2 N–H and O–H groups in total. The molecule has 0 aromatic heterocycles. The Balaban J connectivity index is 2.27. The third-order valence-corrected chi connectivity index (χ3v) is 2.78. The van der Waals surface area contributed by atoms with Gasteiger partial charge in [0.15, 0.2) is 0 Å². The zero-order valence-electron chi connectivity index (χ0n) is 11.6. The zero-order valence-corrected chi connectivity index (χ0v) is 11.6. The summed E-state index contributed by atoms with van der Waals surface area (Å²) in [5.41, 5.74) is 6.41. The van der Waals surface area contributed by atoms with Gasteiger partial charge in [0.25, 0.3) is 0 Å². The number of amides is 1. The Kier molecular flexibility index (Phi) is 6.92. The van der Waals surface area contributed by atoms with Crippen molar-refractivity contribution in [3.05, 3.63) is 29.8 Å². The molecule has 0 unspecified atom stereocenters. The SMILES string of the molecule is COc1ccc(COCC(=O)N(C)CCCN)cc1. The normalized spacial score (nSPS) is 10.3. The van der Waals surface area contributed by atoms with Gasteiger partial charge >= 0.3 is 0 Å². The number of benzene rings is 1. The number of carbonyl (C=O) groups excluding carboxylic acids is 1. The molecule has 5 heteroatoms. The summed E-state index contributed by atoms with van der Waals surface area (Å²) in [5.74, 6) is 0.781. The van der Waals surface area contributed by atoms with E-state index in [1.54, 1.807) is 19.1 Å². The average molecular weight is 266 g/mol. The van der Waals surface area contributed by atoms with Crippen molar-refractivity contribution in [1.82, 2.24) is 4.90 Å². The summed E-state index contributed by atoms with van der Waals surface area (Å²) in [5, 5.41) is 0. The molecule has 0 aliphatic heterocycles. The lowest BCUT2D eigenvalue weighted by Gasteiger charge is -2.16. The summed E-state index contributed by atoms with van der Waals surface area (Å²) in [7, 11) is 3.39. The highest BCUT2D eigenvalue weighted by molar-refractivity contribution is 5.77. The fourth-order valence-electron chi connectivity index (χ4n) is 1.54. The third-order valence-electron chi connectivity index (χ3n) is 2.78. The standard InChI is InChI=1S/C14H22N2O3/c1-16(9-3-8-15)14(17)11-19-10-12-4-6-13(18-2)7-5-12/h4-7H,3,8-11,15H2,1-2H3. The molecule has 1 amide bonds. The van der Waals surface area contributed by atoms with Crippen LogP contribution in [0, 0.1) is 0 Å². The maximum atomic E-state index is 11.7. The smallest absolute Gasteiger partial charge is 0.248 e. The van der Waals surface area contributed by atoms with Crippen LogP contribution in [0.15, 0.2) is 24.3 Å². The van der Waals surface area contributed by atoms with Gasteiger partial charge in [-0.25, -0.2) is 0 Å². The Morgan fingerprint density at radius 1 is 1.32 bits per heavy atom. The molecule has 0 bridgehead atoms. The second kappa shape index (κ2) is 8.50. The van der Waals surface area contributed by atoms with E-state index < -0.39 is 0 Å². The second-order valence-electron chi connectivity index (χ2n) is 4.30. The van der Waals surface area contributed by atoms with E-state index in [9.17, 15) is 4.79 Å². The number of rotatable bonds is 8. The van der Waals surface area contributed by atoms with Crippen LogP contribution in [0.5, 0.6) is 5.75 Å². The minimum atomic E-state index is -0.0260. The van der Waals surface area contributed by atoms with Crippen molar-refractivity contribution in [2.75, 3.05) is 33.9 Å². The van der Waals surface area contributed by atoms with Crippen molar-refractivity contribution in [1.29, 1.82) is 0 Å². The molecule has 1 rings (SSSR count). The summed E-state index contributed by atoms with van der Waals surface area (Å²) in [6, 6.07) is 7.57. The van der Waals surface area contributed by atoms with Crippen molar-refractivity contribution in [2.45, 2.75) is 13.0 Å². The molecule has 0 radical (unpaired) electrons. The number of hydrogen-bond donors (Lipinski definition) is 1. The molecule has 0 heterocycles. The van der Waals surface area contributed by atoms with E-state index >= 15 is 0 Å². The number of likely N-dealkylation sites (N-methyl/N-ethyl adjacent to an activating group) is 1. The van der Waals surface area contributed by atoms with Crippen LogP contribution in [0.3, 0.4) is 0 Å². The predicted molar refractivity (Wildman–Crippen MR) is 74.0 cm³/mol. The van der Waals surface area contributed by atoms with Crippen molar-refractivity contribution in [2.24, 2.45) is 5.73 Å². The second-order valence-corrected chi connectivity index (χ2v) is 4.30. The summed E-state index contributed by atoms with van der Waals surface area (Å²) in [6.45, 7) is 1.76. The average Bonchev–Trinajstić information content (AvgIpc) is 2.45. The first kappa shape index (κ1) is 15.5. The maximum absolute atomic E-state index is 11.7. The summed E-state index contributed by atoms with van der Waals surface area (Å²) in [6.07, 6.45) is 0.806. The van der Waals surface area contributed by atoms with E-state index in [-0.39, 0.29) is 12.5 Å². The molecule has 0 aliphatic carbocycles. The molecule has 0 saturated carbocycles. The van der Waals surface area contributed by atoms with Crippen LogP contribution in [0.2, 0.25) is 0 Å². The van der Waals surface area contributed by atoms with Gasteiger partial charge in [0.05, 0.1) is 13.7 Å². The van der Waals surface area contributed by atoms with Crippen LogP contribution in [0.25, 0.3) is 0 Å². The van der Waals surface area contributed by atoms with Gasteiger partial charge in [-0.15, -0.1) is 0 Å². The Morgan fingerprint density at radius 3 is 2.58 bits per heavy atom. The highest BCUT2D eigenvalue weighted by Crippen LogP contribution is 2.11. The van der Waals surface area contributed by atoms with Crippen molar-refractivity contribution >= 4 is 5.91 Å². The molecular formula is C14H22N2O3. The maximum Gasteiger partial charge on any atom is 0.248 e. The highest BCUT2D eigenvalue weighted by Gasteiger charge is 2.07. The Bertz CT molecular complexity index is 379. The number of methoxy groups -OCH3 is 1. The van der Waals surface area contributed by atoms with Crippen molar-refractivity contribution < 1.29 is 14.3 Å². The molecule has 106 valence electrons. The fraction of sp³-hybridized carbons (Fsp3) is 0.500. The topological polar surface area (TPSA) is 64.8 Å². The summed E-state index contributed by atoms with van der Waals surface area (Å²) < 4.78 is 10.5. The molecule has 19 heavy (non-hydrogen) atoms. The van der Waals surface area contributed by atoms with Gasteiger partial charge in [0.1, 0.15) is 12.4 Å². The van der Waals surface area contributed by atoms with E-state index in [1.165, 1.54) is 0 Å². The van der Waals surface area contributed by atoms with Crippen LogP contribution in [0.4, 0.5) is 0 Å². The highest BCUT2D eigenvalue weighted by atomic mass is 16.5. The molecule has 0 atom stereocenters. The predicted octanol–water partition coefficient (Wildman–Crippen LogP) is 1.02. The van der Waals surface area contributed by atoms with Crippen LogP contribution >= 0.6 is 0 Å². The zero-order chi connectivity index (χ0) is 14.1. The molecule has 1 aromatic rings. The van der Waals surface area contributed by atoms with Crippen LogP contribution in [-0.4, -0.2) is 44.7 Å². The summed E-state index contributed by atoms with van der Waals surface area (Å²) in [4.78, 5) is 13.3. The van der Waals surface area contributed by atoms with Crippen LogP contribution in [0.1, 0.15) is 12.0 Å². The lowest BCUT2D eigenvalue weighted by atomic mass is 10.2. The van der Waals surface area contributed by atoms with Gasteiger partial charge in [0, 0.05) is 13.6 Å². The molecule has 1 aromatic carbocycles. The number of nitrogens with two attached hydrogens (primary N) is 1. The van der Waals surface area contributed by atoms with Gasteiger partial charge in [-0.05, 0) is 30.7 Å². The number of nitrogens with zero attached hydrogens (tertiary/aromatic N) is 1. The quantitative estimate of drug-likeness (QED) is 0.763. The molecule has 0 fully saturated rings. The van der Waals surface area contributed by atoms with E-state index in [1.807, 2.05) is 24.3 Å². The summed E-state index contributed by atoms with van der Waals surface area (Å²) >= 11 is 0. The molecule has 5 nitrogen and oxygen atoms in total. The van der Waals surface area contributed by atoms with Crippen molar-refractivity contribution in [3.63, 3.8) is 0 Å². The van der Waals surface area contributed by atoms with Gasteiger partial charge in [-0.3, -0.25) is 4.79 Å². The largest absolute Gasteiger partial charge is 0.497 e. The Morgan fingerprint density at radius 2 is 2.00 bits per heavy atom. The molecule has 0 aliphatic rings.